The third-order valence-electron chi connectivity index (χ3n) is 6.06. The van der Waals surface area contributed by atoms with E-state index in [2.05, 4.69) is 43.4 Å². The normalized spacial score (nSPS) is 34.9. The van der Waals surface area contributed by atoms with Crippen molar-refractivity contribution in [3.8, 4) is 0 Å². The number of carboxylic acids is 1. The molecule has 1 aromatic carbocycles. The van der Waals surface area contributed by atoms with Crippen LogP contribution in [-0.2, 0) is 11.2 Å². The second kappa shape index (κ2) is 4.84. The second-order valence-electron chi connectivity index (χ2n) is 7.37. The number of carboxylic acid groups (broad SMARTS) is 1. The fourth-order valence-electron chi connectivity index (χ4n) is 4.92. The molecule has 0 radical (unpaired) electrons. The first-order chi connectivity index (χ1) is 10.6. The molecule has 1 aromatic rings. The molecule has 0 aromatic heterocycles. The standard InChI is InChI=1S/C20H22O2/c1-20-9-2-3-18(20)17-7-5-14-11-13(12-19(21)22)4-6-15(14)16(17)8-10-20/h2,4-7,9,11,16-18H,3,8,10,12H2,1H3,(H,21,22)/t16-,17-,18+,20+/m1/s1. The van der Waals surface area contributed by atoms with Gasteiger partial charge in [-0.15, -0.1) is 0 Å². The van der Waals surface area contributed by atoms with Gasteiger partial charge in [-0.2, -0.15) is 0 Å². The lowest BCUT2D eigenvalue weighted by Crippen LogP contribution is -2.37. The fourth-order valence-corrected chi connectivity index (χ4v) is 4.92. The zero-order chi connectivity index (χ0) is 15.3. The van der Waals surface area contributed by atoms with E-state index >= 15 is 0 Å². The number of aliphatic carboxylic acids is 1. The minimum absolute atomic E-state index is 0.111. The first-order valence-electron chi connectivity index (χ1n) is 8.27. The van der Waals surface area contributed by atoms with Crippen molar-refractivity contribution >= 4 is 12.0 Å². The summed E-state index contributed by atoms with van der Waals surface area (Å²) in [6.45, 7) is 2.41. The topological polar surface area (TPSA) is 37.3 Å². The highest BCUT2D eigenvalue weighted by Crippen LogP contribution is 2.57. The van der Waals surface area contributed by atoms with Gasteiger partial charge in [0.2, 0.25) is 0 Å². The molecular formula is C20H22O2. The smallest absolute Gasteiger partial charge is 0.307 e. The van der Waals surface area contributed by atoms with Crippen LogP contribution in [0.3, 0.4) is 0 Å². The number of benzene rings is 1. The van der Waals surface area contributed by atoms with Crippen molar-refractivity contribution < 1.29 is 9.90 Å². The maximum atomic E-state index is 10.9. The van der Waals surface area contributed by atoms with Gasteiger partial charge < -0.3 is 5.11 Å². The molecule has 0 aliphatic heterocycles. The molecule has 1 fully saturated rings. The van der Waals surface area contributed by atoms with Gasteiger partial charge in [-0.3, -0.25) is 4.79 Å². The van der Waals surface area contributed by atoms with Gasteiger partial charge in [-0.25, -0.2) is 0 Å². The summed E-state index contributed by atoms with van der Waals surface area (Å²) in [6.07, 6.45) is 13.2. The van der Waals surface area contributed by atoms with Crippen LogP contribution in [0.5, 0.6) is 0 Å². The van der Waals surface area contributed by atoms with Crippen molar-refractivity contribution in [3.05, 3.63) is 53.1 Å². The molecule has 3 aliphatic carbocycles. The van der Waals surface area contributed by atoms with E-state index < -0.39 is 5.97 Å². The largest absolute Gasteiger partial charge is 0.481 e. The molecule has 2 nitrogen and oxygen atoms in total. The summed E-state index contributed by atoms with van der Waals surface area (Å²) in [5.41, 5.74) is 3.94. The van der Waals surface area contributed by atoms with Gasteiger partial charge in [0.1, 0.15) is 0 Å². The summed E-state index contributed by atoms with van der Waals surface area (Å²) < 4.78 is 0. The lowest BCUT2D eigenvalue weighted by atomic mass is 9.57. The molecule has 1 N–H and O–H groups in total. The molecule has 0 spiro atoms. The maximum Gasteiger partial charge on any atom is 0.307 e. The molecule has 0 saturated heterocycles. The van der Waals surface area contributed by atoms with Crippen LogP contribution in [-0.4, -0.2) is 11.1 Å². The van der Waals surface area contributed by atoms with Crippen molar-refractivity contribution in [2.24, 2.45) is 17.3 Å². The Morgan fingerprint density at radius 1 is 1.41 bits per heavy atom. The van der Waals surface area contributed by atoms with E-state index in [0.717, 1.165) is 11.5 Å². The molecule has 0 amide bonds. The van der Waals surface area contributed by atoms with E-state index in [1.165, 1.54) is 30.4 Å². The Labute approximate surface area is 131 Å². The summed E-state index contributed by atoms with van der Waals surface area (Å²) in [4.78, 5) is 10.9. The third kappa shape index (κ3) is 2.05. The van der Waals surface area contributed by atoms with Gasteiger partial charge in [-0.1, -0.05) is 49.4 Å². The predicted molar refractivity (Wildman–Crippen MR) is 87.6 cm³/mol. The Hall–Kier alpha value is -1.83. The highest BCUT2D eigenvalue weighted by molar-refractivity contribution is 5.71. The summed E-state index contributed by atoms with van der Waals surface area (Å²) in [7, 11) is 0. The molecular weight excluding hydrogens is 272 g/mol. The highest BCUT2D eigenvalue weighted by Gasteiger charge is 2.47. The monoisotopic (exact) mass is 294 g/mol. The van der Waals surface area contributed by atoms with Gasteiger partial charge in [0.05, 0.1) is 6.42 Å². The fraction of sp³-hybridized carbons (Fsp3) is 0.450. The van der Waals surface area contributed by atoms with E-state index in [9.17, 15) is 4.79 Å². The van der Waals surface area contributed by atoms with Gasteiger partial charge in [0, 0.05) is 0 Å². The molecule has 0 heterocycles. The van der Waals surface area contributed by atoms with Crippen molar-refractivity contribution in [2.75, 3.05) is 0 Å². The number of rotatable bonds is 2. The first-order valence-corrected chi connectivity index (χ1v) is 8.27. The second-order valence-corrected chi connectivity index (χ2v) is 7.37. The average molecular weight is 294 g/mol. The quantitative estimate of drug-likeness (QED) is 0.820. The lowest BCUT2D eigenvalue weighted by Gasteiger charge is -2.47. The number of fused-ring (bicyclic) bond motifs is 5. The molecule has 2 heteroatoms. The number of allylic oxidation sites excluding steroid dienone is 3. The first kappa shape index (κ1) is 13.8. The van der Waals surface area contributed by atoms with E-state index in [1.54, 1.807) is 0 Å². The van der Waals surface area contributed by atoms with Crippen molar-refractivity contribution in [2.45, 2.75) is 38.5 Å². The number of carbonyl (C=O) groups is 1. The van der Waals surface area contributed by atoms with Crippen LogP contribution in [0, 0.1) is 17.3 Å². The van der Waals surface area contributed by atoms with Crippen LogP contribution < -0.4 is 0 Å². The Morgan fingerprint density at radius 2 is 2.27 bits per heavy atom. The van der Waals surface area contributed by atoms with Crippen LogP contribution in [0.2, 0.25) is 0 Å². The zero-order valence-corrected chi connectivity index (χ0v) is 13.0. The van der Waals surface area contributed by atoms with Gasteiger partial charge in [-0.05, 0) is 59.1 Å². The Morgan fingerprint density at radius 3 is 3.09 bits per heavy atom. The zero-order valence-electron chi connectivity index (χ0n) is 13.0. The third-order valence-corrected chi connectivity index (χ3v) is 6.06. The SMILES string of the molecule is C[C@@]12C=CC[C@H]1[C@@H]1C=Cc3cc(CC(=O)O)ccc3[C@H]1CC2. The highest BCUT2D eigenvalue weighted by atomic mass is 16.4. The van der Waals surface area contributed by atoms with Gasteiger partial charge in [0.15, 0.2) is 0 Å². The molecule has 114 valence electrons. The van der Waals surface area contributed by atoms with Crippen LogP contribution in [0.25, 0.3) is 6.08 Å². The molecule has 0 bridgehead atoms. The van der Waals surface area contributed by atoms with Crippen LogP contribution >= 0.6 is 0 Å². The Kier molecular flexibility index (Phi) is 3.04. The average Bonchev–Trinajstić information content (AvgIpc) is 2.88. The van der Waals surface area contributed by atoms with Crippen LogP contribution in [0.15, 0.2) is 36.4 Å². The molecule has 3 aliphatic rings. The number of hydrogen-bond acceptors (Lipinski definition) is 1. The summed E-state index contributed by atoms with van der Waals surface area (Å²) in [5, 5.41) is 8.96. The van der Waals surface area contributed by atoms with Crippen LogP contribution in [0.4, 0.5) is 0 Å². The van der Waals surface area contributed by atoms with Crippen molar-refractivity contribution in [1.29, 1.82) is 0 Å². The predicted octanol–water partition coefficient (Wildman–Crippen LogP) is 4.42. The molecule has 4 rings (SSSR count). The molecule has 1 saturated carbocycles. The minimum atomic E-state index is -0.761. The van der Waals surface area contributed by atoms with Crippen molar-refractivity contribution in [1.82, 2.24) is 0 Å². The minimum Gasteiger partial charge on any atom is -0.481 e. The van der Waals surface area contributed by atoms with Gasteiger partial charge >= 0.3 is 5.97 Å². The lowest BCUT2D eigenvalue weighted by molar-refractivity contribution is -0.136. The van der Waals surface area contributed by atoms with E-state index in [1.807, 2.05) is 6.07 Å². The summed E-state index contributed by atoms with van der Waals surface area (Å²) in [6, 6.07) is 6.25. The summed E-state index contributed by atoms with van der Waals surface area (Å²) >= 11 is 0. The molecule has 4 atom stereocenters. The maximum absolute atomic E-state index is 10.9. The Balaban J connectivity index is 1.67. The van der Waals surface area contributed by atoms with Crippen LogP contribution in [0.1, 0.15) is 48.8 Å². The van der Waals surface area contributed by atoms with E-state index in [4.69, 9.17) is 5.11 Å². The van der Waals surface area contributed by atoms with Gasteiger partial charge in [0.25, 0.3) is 0 Å². The summed E-state index contributed by atoms with van der Waals surface area (Å²) in [5.74, 6) is 1.21. The van der Waals surface area contributed by atoms with E-state index in [0.29, 0.717) is 17.3 Å². The Bertz CT molecular complexity index is 685. The van der Waals surface area contributed by atoms with Crippen molar-refractivity contribution in [3.63, 3.8) is 0 Å². The van der Waals surface area contributed by atoms with E-state index in [-0.39, 0.29) is 6.42 Å². The number of hydrogen-bond donors (Lipinski definition) is 1. The molecule has 22 heavy (non-hydrogen) atoms. The molecule has 0 unspecified atom stereocenters.